The number of nitrogens with zero attached hydrogens (tertiary/aromatic N) is 2. The maximum atomic E-state index is 12.4. The molecule has 4 heteroatoms. The summed E-state index contributed by atoms with van der Waals surface area (Å²) < 4.78 is 2.16. The number of carbonyl (C=O) groups is 1. The Morgan fingerprint density at radius 1 is 0.957 bits per heavy atom. The molecule has 4 nitrogen and oxygen atoms in total. The Balaban J connectivity index is 1.82. The van der Waals surface area contributed by atoms with Gasteiger partial charge in [-0.05, 0) is 68.8 Å². The monoisotopic (exact) mass is 305 g/mol. The van der Waals surface area contributed by atoms with Crippen molar-refractivity contribution < 1.29 is 4.79 Å². The van der Waals surface area contributed by atoms with Crippen molar-refractivity contribution >= 4 is 11.6 Å². The molecule has 2 aromatic heterocycles. The fourth-order valence-corrected chi connectivity index (χ4v) is 2.63. The lowest BCUT2D eigenvalue weighted by Gasteiger charge is -2.11. The van der Waals surface area contributed by atoms with Gasteiger partial charge in [0.15, 0.2) is 0 Å². The predicted molar refractivity (Wildman–Crippen MR) is 92.2 cm³/mol. The van der Waals surface area contributed by atoms with Crippen LogP contribution in [0.25, 0.3) is 5.69 Å². The minimum Gasteiger partial charge on any atom is -0.320 e. The van der Waals surface area contributed by atoms with E-state index in [0.717, 1.165) is 16.9 Å². The minimum atomic E-state index is -0.131. The number of anilines is 1. The van der Waals surface area contributed by atoms with E-state index in [1.54, 1.807) is 12.4 Å². The van der Waals surface area contributed by atoms with Crippen LogP contribution in [-0.2, 0) is 0 Å². The standard InChI is InChI=1S/C19H19N3O/c1-13-10-11-20-12-18(13)21-19(23)16-6-8-17(9-7-16)22-14(2)4-5-15(22)3/h4-12H,1-3H3,(H,21,23). The minimum absolute atomic E-state index is 0.131. The van der Waals surface area contributed by atoms with E-state index in [-0.39, 0.29) is 5.91 Å². The largest absolute Gasteiger partial charge is 0.320 e. The Morgan fingerprint density at radius 3 is 2.22 bits per heavy atom. The Labute approximate surface area is 135 Å². The lowest BCUT2D eigenvalue weighted by atomic mass is 10.1. The van der Waals surface area contributed by atoms with E-state index in [1.807, 2.05) is 37.3 Å². The van der Waals surface area contributed by atoms with Crippen molar-refractivity contribution in [3.63, 3.8) is 0 Å². The number of benzene rings is 1. The molecule has 0 aliphatic rings. The van der Waals surface area contributed by atoms with Crippen LogP contribution >= 0.6 is 0 Å². The number of hydrogen-bond acceptors (Lipinski definition) is 2. The molecule has 0 radical (unpaired) electrons. The van der Waals surface area contributed by atoms with Crippen LogP contribution in [0, 0.1) is 20.8 Å². The smallest absolute Gasteiger partial charge is 0.255 e. The third kappa shape index (κ3) is 3.01. The number of hydrogen-bond donors (Lipinski definition) is 1. The van der Waals surface area contributed by atoms with Gasteiger partial charge in [0, 0.05) is 28.8 Å². The number of pyridine rings is 1. The molecule has 0 unspecified atom stereocenters. The third-order valence-corrected chi connectivity index (χ3v) is 3.95. The van der Waals surface area contributed by atoms with Crippen LogP contribution in [0.3, 0.4) is 0 Å². The van der Waals surface area contributed by atoms with Crippen molar-refractivity contribution in [1.82, 2.24) is 9.55 Å². The number of aromatic nitrogens is 2. The first-order valence-electron chi connectivity index (χ1n) is 7.53. The summed E-state index contributed by atoms with van der Waals surface area (Å²) in [6.07, 6.45) is 3.37. The van der Waals surface area contributed by atoms with Crippen LogP contribution in [0.15, 0.2) is 54.9 Å². The molecular weight excluding hydrogens is 286 g/mol. The van der Waals surface area contributed by atoms with Crippen LogP contribution < -0.4 is 5.32 Å². The molecule has 0 aliphatic heterocycles. The number of amides is 1. The topological polar surface area (TPSA) is 46.9 Å². The van der Waals surface area contributed by atoms with Gasteiger partial charge in [0.25, 0.3) is 5.91 Å². The van der Waals surface area contributed by atoms with Gasteiger partial charge < -0.3 is 9.88 Å². The molecule has 23 heavy (non-hydrogen) atoms. The molecule has 1 aromatic carbocycles. The second-order valence-electron chi connectivity index (χ2n) is 5.64. The van der Waals surface area contributed by atoms with E-state index >= 15 is 0 Å². The molecule has 0 fully saturated rings. The van der Waals surface area contributed by atoms with Crippen LogP contribution in [0.4, 0.5) is 5.69 Å². The summed E-state index contributed by atoms with van der Waals surface area (Å²) in [5.41, 5.74) is 5.75. The quantitative estimate of drug-likeness (QED) is 0.793. The van der Waals surface area contributed by atoms with E-state index in [4.69, 9.17) is 0 Å². The zero-order valence-electron chi connectivity index (χ0n) is 13.5. The lowest BCUT2D eigenvalue weighted by molar-refractivity contribution is 0.102. The van der Waals surface area contributed by atoms with Crippen LogP contribution in [0.1, 0.15) is 27.3 Å². The number of aryl methyl sites for hydroxylation is 3. The van der Waals surface area contributed by atoms with E-state index in [1.165, 1.54) is 11.4 Å². The number of carbonyl (C=O) groups excluding carboxylic acids is 1. The van der Waals surface area contributed by atoms with Gasteiger partial charge in [-0.3, -0.25) is 9.78 Å². The molecule has 116 valence electrons. The van der Waals surface area contributed by atoms with E-state index in [2.05, 4.69) is 40.8 Å². The van der Waals surface area contributed by atoms with Gasteiger partial charge >= 0.3 is 0 Å². The zero-order valence-corrected chi connectivity index (χ0v) is 13.5. The first-order chi connectivity index (χ1) is 11.1. The molecule has 0 saturated carbocycles. The second kappa shape index (κ2) is 6.08. The van der Waals surface area contributed by atoms with Crippen molar-refractivity contribution in [2.24, 2.45) is 0 Å². The summed E-state index contributed by atoms with van der Waals surface area (Å²) in [4.78, 5) is 16.4. The van der Waals surface area contributed by atoms with E-state index < -0.39 is 0 Å². The molecule has 0 bridgehead atoms. The zero-order chi connectivity index (χ0) is 16.4. The highest BCUT2D eigenvalue weighted by Crippen LogP contribution is 2.18. The van der Waals surface area contributed by atoms with Crippen molar-refractivity contribution in [3.8, 4) is 5.69 Å². The molecule has 2 heterocycles. The summed E-state index contributed by atoms with van der Waals surface area (Å²) in [6, 6.07) is 13.7. The van der Waals surface area contributed by atoms with Gasteiger partial charge in [-0.1, -0.05) is 0 Å². The fourth-order valence-electron chi connectivity index (χ4n) is 2.63. The molecule has 1 amide bonds. The van der Waals surface area contributed by atoms with Gasteiger partial charge in [-0.15, -0.1) is 0 Å². The van der Waals surface area contributed by atoms with Crippen molar-refractivity contribution in [2.45, 2.75) is 20.8 Å². The van der Waals surface area contributed by atoms with Crippen LogP contribution in [-0.4, -0.2) is 15.5 Å². The van der Waals surface area contributed by atoms with Gasteiger partial charge in [0.05, 0.1) is 11.9 Å². The van der Waals surface area contributed by atoms with Crippen molar-refractivity contribution in [1.29, 1.82) is 0 Å². The van der Waals surface area contributed by atoms with Gasteiger partial charge in [0.1, 0.15) is 0 Å². The molecule has 0 atom stereocenters. The summed E-state index contributed by atoms with van der Waals surface area (Å²) >= 11 is 0. The Morgan fingerprint density at radius 2 is 1.61 bits per heavy atom. The highest BCUT2D eigenvalue weighted by molar-refractivity contribution is 6.04. The highest BCUT2D eigenvalue weighted by Gasteiger charge is 2.09. The van der Waals surface area contributed by atoms with Crippen LogP contribution in [0.2, 0.25) is 0 Å². The summed E-state index contributed by atoms with van der Waals surface area (Å²) in [5, 5.41) is 2.90. The Bertz CT molecular complexity index is 828. The normalized spacial score (nSPS) is 10.6. The Kier molecular flexibility index (Phi) is 3.98. The molecule has 0 aliphatic carbocycles. The van der Waals surface area contributed by atoms with Gasteiger partial charge in [0.2, 0.25) is 0 Å². The average Bonchev–Trinajstić information content (AvgIpc) is 2.88. The van der Waals surface area contributed by atoms with E-state index in [0.29, 0.717) is 5.56 Å². The maximum Gasteiger partial charge on any atom is 0.255 e. The SMILES string of the molecule is Cc1ccncc1NC(=O)c1ccc(-n2c(C)ccc2C)cc1. The molecule has 1 N–H and O–H groups in total. The van der Waals surface area contributed by atoms with Crippen LogP contribution in [0.5, 0.6) is 0 Å². The fraction of sp³-hybridized carbons (Fsp3) is 0.158. The molecule has 0 saturated heterocycles. The molecule has 3 aromatic rings. The summed E-state index contributed by atoms with van der Waals surface area (Å²) in [6.45, 7) is 6.08. The van der Waals surface area contributed by atoms with Crippen molar-refractivity contribution in [2.75, 3.05) is 5.32 Å². The molecule has 3 rings (SSSR count). The summed E-state index contributed by atoms with van der Waals surface area (Å²) in [7, 11) is 0. The Hall–Kier alpha value is -2.88. The third-order valence-electron chi connectivity index (χ3n) is 3.95. The molecular formula is C19H19N3O. The first kappa shape index (κ1) is 15.0. The number of nitrogens with one attached hydrogen (secondary N) is 1. The highest BCUT2D eigenvalue weighted by atomic mass is 16.1. The lowest BCUT2D eigenvalue weighted by Crippen LogP contribution is -2.13. The van der Waals surface area contributed by atoms with Gasteiger partial charge in [-0.25, -0.2) is 0 Å². The first-order valence-corrected chi connectivity index (χ1v) is 7.53. The predicted octanol–water partition coefficient (Wildman–Crippen LogP) is 4.05. The molecule has 0 spiro atoms. The maximum absolute atomic E-state index is 12.4. The number of rotatable bonds is 3. The van der Waals surface area contributed by atoms with E-state index in [9.17, 15) is 4.79 Å². The average molecular weight is 305 g/mol. The van der Waals surface area contributed by atoms with Gasteiger partial charge in [-0.2, -0.15) is 0 Å². The van der Waals surface area contributed by atoms with Crippen molar-refractivity contribution in [3.05, 3.63) is 77.4 Å². The summed E-state index contributed by atoms with van der Waals surface area (Å²) in [5.74, 6) is -0.131. The second-order valence-corrected chi connectivity index (χ2v) is 5.64.